The Hall–Kier alpha value is -3.00. The molecule has 2 aromatic rings. The van der Waals surface area contributed by atoms with Crippen LogP contribution in [-0.2, 0) is 6.54 Å². The molecule has 1 saturated heterocycles. The second kappa shape index (κ2) is 7.92. The summed E-state index contributed by atoms with van der Waals surface area (Å²) in [6.07, 6.45) is 3.58. The minimum absolute atomic E-state index is 0.121. The Bertz CT molecular complexity index is 789. The predicted molar refractivity (Wildman–Crippen MR) is 95.1 cm³/mol. The minimum Gasteiger partial charge on any atom is -0.496 e. The van der Waals surface area contributed by atoms with E-state index >= 15 is 0 Å². The van der Waals surface area contributed by atoms with E-state index in [4.69, 9.17) is 4.74 Å². The van der Waals surface area contributed by atoms with E-state index in [1.54, 1.807) is 11.1 Å². The number of carbonyl (C=O) groups excluding carboxylic acids is 1. The van der Waals surface area contributed by atoms with Crippen LogP contribution in [0.5, 0.6) is 5.75 Å². The van der Waals surface area contributed by atoms with Crippen molar-refractivity contribution in [1.29, 1.82) is 0 Å². The molecule has 26 heavy (non-hydrogen) atoms. The maximum absolute atomic E-state index is 12.8. The number of ether oxygens (including phenoxy) is 1. The van der Waals surface area contributed by atoms with Crippen molar-refractivity contribution in [2.45, 2.75) is 6.54 Å². The summed E-state index contributed by atoms with van der Waals surface area (Å²) < 4.78 is 5.20. The van der Waals surface area contributed by atoms with Gasteiger partial charge in [0.25, 0.3) is 11.6 Å². The van der Waals surface area contributed by atoms with E-state index in [9.17, 15) is 14.9 Å². The Labute approximate surface area is 151 Å². The third-order valence-corrected chi connectivity index (χ3v) is 4.41. The van der Waals surface area contributed by atoms with E-state index in [-0.39, 0.29) is 17.2 Å². The highest BCUT2D eigenvalue weighted by molar-refractivity contribution is 5.97. The molecular formula is C18H20N4O4. The molecule has 0 bridgehead atoms. The van der Waals surface area contributed by atoms with Crippen molar-refractivity contribution in [1.82, 2.24) is 14.8 Å². The summed E-state index contributed by atoms with van der Waals surface area (Å²) in [7, 11) is 1.45. The average molecular weight is 356 g/mol. The van der Waals surface area contributed by atoms with Crippen LogP contribution in [0.4, 0.5) is 5.69 Å². The number of piperazine rings is 1. The summed E-state index contributed by atoms with van der Waals surface area (Å²) in [4.78, 5) is 31.4. The number of amides is 1. The number of benzene rings is 1. The topological polar surface area (TPSA) is 88.8 Å². The maximum Gasteiger partial charge on any atom is 0.270 e. The Kier molecular flexibility index (Phi) is 5.43. The van der Waals surface area contributed by atoms with Gasteiger partial charge in [0, 0.05) is 57.3 Å². The number of methoxy groups -OCH3 is 1. The van der Waals surface area contributed by atoms with Gasteiger partial charge in [-0.2, -0.15) is 0 Å². The number of non-ortho nitro benzene ring substituents is 1. The van der Waals surface area contributed by atoms with E-state index < -0.39 is 4.92 Å². The van der Waals surface area contributed by atoms with Crippen LogP contribution in [0.15, 0.2) is 42.7 Å². The lowest BCUT2D eigenvalue weighted by Crippen LogP contribution is -2.48. The molecule has 0 aliphatic carbocycles. The number of hydrogen-bond acceptors (Lipinski definition) is 6. The van der Waals surface area contributed by atoms with Crippen molar-refractivity contribution >= 4 is 11.6 Å². The highest BCUT2D eigenvalue weighted by Gasteiger charge is 2.26. The normalized spacial score (nSPS) is 14.9. The number of nitro groups is 1. The molecule has 0 unspecified atom stereocenters. The molecule has 0 atom stereocenters. The van der Waals surface area contributed by atoms with Crippen LogP contribution in [0.25, 0.3) is 0 Å². The Morgan fingerprint density at radius 3 is 2.65 bits per heavy atom. The SMILES string of the molecule is COc1ccc([N+](=O)[O-])cc1C(=O)N1CCN(Cc2cccnc2)CC1. The molecule has 2 heterocycles. The first-order chi connectivity index (χ1) is 12.6. The second-order valence-corrected chi connectivity index (χ2v) is 6.07. The minimum atomic E-state index is -0.512. The van der Waals surface area contributed by atoms with Gasteiger partial charge in [-0.25, -0.2) is 0 Å². The summed E-state index contributed by atoms with van der Waals surface area (Å²) in [6, 6.07) is 8.01. The van der Waals surface area contributed by atoms with Gasteiger partial charge in [0.15, 0.2) is 0 Å². The van der Waals surface area contributed by atoms with E-state index in [0.29, 0.717) is 18.8 Å². The fourth-order valence-electron chi connectivity index (χ4n) is 3.01. The number of nitro benzene ring substituents is 1. The van der Waals surface area contributed by atoms with Gasteiger partial charge in [-0.1, -0.05) is 6.07 Å². The molecule has 1 amide bonds. The van der Waals surface area contributed by atoms with Gasteiger partial charge in [-0.05, 0) is 17.7 Å². The molecule has 1 fully saturated rings. The molecule has 8 heteroatoms. The van der Waals surface area contributed by atoms with Gasteiger partial charge in [0.1, 0.15) is 5.75 Å². The lowest BCUT2D eigenvalue weighted by Gasteiger charge is -2.34. The van der Waals surface area contributed by atoms with Crippen LogP contribution < -0.4 is 4.74 Å². The Morgan fingerprint density at radius 2 is 2.04 bits per heavy atom. The number of rotatable bonds is 5. The van der Waals surface area contributed by atoms with E-state index in [1.165, 1.54) is 25.3 Å². The van der Waals surface area contributed by atoms with Crippen LogP contribution >= 0.6 is 0 Å². The van der Waals surface area contributed by atoms with Crippen LogP contribution in [0.2, 0.25) is 0 Å². The third-order valence-electron chi connectivity index (χ3n) is 4.41. The summed E-state index contributed by atoms with van der Waals surface area (Å²) in [6.45, 7) is 3.38. The zero-order valence-electron chi connectivity index (χ0n) is 14.5. The molecule has 0 saturated carbocycles. The molecular weight excluding hydrogens is 336 g/mol. The molecule has 1 aliphatic rings. The van der Waals surface area contributed by atoms with E-state index in [2.05, 4.69) is 9.88 Å². The zero-order valence-corrected chi connectivity index (χ0v) is 14.5. The van der Waals surface area contributed by atoms with Crippen LogP contribution in [-0.4, -0.2) is 58.9 Å². The standard InChI is InChI=1S/C18H20N4O4/c1-26-17-5-4-15(22(24)25)11-16(17)18(23)21-9-7-20(8-10-21)13-14-3-2-6-19-12-14/h2-6,11-12H,7-10,13H2,1H3. The Balaban J connectivity index is 1.67. The molecule has 3 rings (SSSR count). The first-order valence-electron chi connectivity index (χ1n) is 8.31. The fraction of sp³-hybridized carbons (Fsp3) is 0.333. The second-order valence-electron chi connectivity index (χ2n) is 6.07. The summed E-state index contributed by atoms with van der Waals surface area (Å²) in [5, 5.41) is 11.0. The molecule has 1 aromatic carbocycles. The van der Waals surface area contributed by atoms with Crippen LogP contribution in [0.3, 0.4) is 0 Å². The van der Waals surface area contributed by atoms with E-state index in [1.807, 2.05) is 18.3 Å². The number of hydrogen-bond donors (Lipinski definition) is 0. The average Bonchev–Trinajstić information content (AvgIpc) is 2.68. The summed E-state index contributed by atoms with van der Waals surface area (Å²) >= 11 is 0. The van der Waals surface area contributed by atoms with Gasteiger partial charge in [-0.3, -0.25) is 24.8 Å². The monoisotopic (exact) mass is 356 g/mol. The predicted octanol–water partition coefficient (Wildman–Crippen LogP) is 1.96. The highest BCUT2D eigenvalue weighted by atomic mass is 16.6. The van der Waals surface area contributed by atoms with Gasteiger partial charge >= 0.3 is 0 Å². The highest BCUT2D eigenvalue weighted by Crippen LogP contribution is 2.25. The first kappa shape index (κ1) is 17.8. The maximum atomic E-state index is 12.8. The van der Waals surface area contributed by atoms with Crippen molar-refractivity contribution in [2.75, 3.05) is 33.3 Å². The van der Waals surface area contributed by atoms with Gasteiger partial charge in [0.05, 0.1) is 17.6 Å². The molecule has 1 aromatic heterocycles. The number of carbonyl (C=O) groups is 1. The lowest BCUT2D eigenvalue weighted by molar-refractivity contribution is -0.384. The lowest BCUT2D eigenvalue weighted by atomic mass is 10.1. The molecule has 8 nitrogen and oxygen atoms in total. The summed E-state index contributed by atoms with van der Waals surface area (Å²) in [5.41, 5.74) is 1.24. The van der Waals surface area contributed by atoms with Gasteiger partial charge < -0.3 is 9.64 Å². The van der Waals surface area contributed by atoms with Crippen molar-refractivity contribution in [3.05, 3.63) is 64.0 Å². The molecule has 1 aliphatic heterocycles. The van der Waals surface area contributed by atoms with Crippen LogP contribution in [0.1, 0.15) is 15.9 Å². The quantitative estimate of drug-likeness (QED) is 0.601. The van der Waals surface area contributed by atoms with E-state index in [0.717, 1.165) is 25.2 Å². The molecule has 0 radical (unpaired) electrons. The molecule has 136 valence electrons. The van der Waals surface area contributed by atoms with Crippen molar-refractivity contribution < 1.29 is 14.5 Å². The zero-order chi connectivity index (χ0) is 18.5. The molecule has 0 N–H and O–H groups in total. The van der Waals surface area contributed by atoms with Crippen molar-refractivity contribution in [3.63, 3.8) is 0 Å². The van der Waals surface area contributed by atoms with Gasteiger partial charge in [0.2, 0.25) is 0 Å². The smallest absolute Gasteiger partial charge is 0.270 e. The van der Waals surface area contributed by atoms with Gasteiger partial charge in [-0.15, -0.1) is 0 Å². The van der Waals surface area contributed by atoms with Crippen molar-refractivity contribution in [2.24, 2.45) is 0 Å². The Morgan fingerprint density at radius 1 is 1.27 bits per heavy atom. The third kappa shape index (κ3) is 3.97. The number of pyridine rings is 1. The summed E-state index contributed by atoms with van der Waals surface area (Å²) in [5.74, 6) is 0.102. The first-order valence-corrected chi connectivity index (χ1v) is 8.31. The largest absolute Gasteiger partial charge is 0.496 e. The molecule has 0 spiro atoms. The number of aromatic nitrogens is 1. The fourth-order valence-corrected chi connectivity index (χ4v) is 3.01. The van der Waals surface area contributed by atoms with Crippen LogP contribution in [0, 0.1) is 10.1 Å². The van der Waals surface area contributed by atoms with Crippen molar-refractivity contribution in [3.8, 4) is 5.75 Å². The number of nitrogens with zero attached hydrogens (tertiary/aromatic N) is 4.